The first-order valence-electron chi connectivity index (χ1n) is 7.47. The van der Waals surface area contributed by atoms with E-state index in [0.717, 1.165) is 0 Å². The first-order valence-corrected chi connectivity index (χ1v) is 7.47. The van der Waals surface area contributed by atoms with Gasteiger partial charge in [-0.1, -0.05) is 0 Å². The van der Waals surface area contributed by atoms with Crippen molar-refractivity contribution in [3.05, 3.63) is 0 Å². The Hall–Kier alpha value is -0.400. The Morgan fingerprint density at radius 3 is 2.21 bits per heavy atom. The minimum Gasteiger partial charge on any atom is -0.387 e. The summed E-state index contributed by atoms with van der Waals surface area (Å²) in [4.78, 5) is 29.4. The zero-order valence-corrected chi connectivity index (χ0v) is 14.9. The second kappa shape index (κ2) is 10.6. The second-order valence-corrected chi connectivity index (χ2v) is 5.56. The van der Waals surface area contributed by atoms with Gasteiger partial charge in [0, 0.05) is 7.11 Å². The van der Waals surface area contributed by atoms with Crippen molar-refractivity contribution < 1.29 is 48.6 Å². The number of rotatable bonds is 11. The van der Waals surface area contributed by atoms with Crippen molar-refractivity contribution in [2.45, 2.75) is 50.2 Å². The van der Waals surface area contributed by atoms with Gasteiger partial charge < -0.3 is 19.3 Å². The van der Waals surface area contributed by atoms with E-state index < -0.39 is 36.3 Å². The summed E-state index contributed by atoms with van der Waals surface area (Å²) in [5, 5.41) is 10.6. The Kier molecular flexibility index (Phi) is 9.52. The lowest BCUT2D eigenvalue weighted by Gasteiger charge is -2.46. The zero-order valence-electron chi connectivity index (χ0n) is 14.9. The standard InChI is InChI=1S/C14H28O10/c1-14(2)21-9(7-16-3)11(15)13(22-14)12(24-19-6)10(23-18-5)8-20-17-4/h9-13,15H,7-8H2,1-6H3/t9-,10-,11-,12+,13-/m1/s1. The first kappa shape index (κ1) is 21.6. The molecule has 10 heteroatoms. The maximum Gasteiger partial charge on any atom is 0.164 e. The van der Waals surface area contributed by atoms with Crippen LogP contribution in [0, 0.1) is 0 Å². The van der Waals surface area contributed by atoms with Crippen LogP contribution in [0.15, 0.2) is 0 Å². The molecule has 1 aliphatic rings. The van der Waals surface area contributed by atoms with Crippen molar-refractivity contribution in [2.75, 3.05) is 41.7 Å². The Bertz CT molecular complexity index is 340. The fourth-order valence-corrected chi connectivity index (χ4v) is 2.50. The Morgan fingerprint density at radius 1 is 1.00 bits per heavy atom. The molecular weight excluding hydrogens is 328 g/mol. The van der Waals surface area contributed by atoms with E-state index in [0.29, 0.717) is 0 Å². The van der Waals surface area contributed by atoms with Gasteiger partial charge in [-0.15, -0.1) is 0 Å². The van der Waals surface area contributed by atoms with E-state index in [2.05, 4.69) is 4.89 Å². The zero-order chi connectivity index (χ0) is 18.2. The lowest BCUT2D eigenvalue weighted by atomic mass is 9.97. The van der Waals surface area contributed by atoms with Gasteiger partial charge in [0.15, 0.2) is 18.0 Å². The maximum atomic E-state index is 10.6. The van der Waals surface area contributed by atoms with Crippen LogP contribution >= 0.6 is 0 Å². The number of ether oxygens (including phenoxy) is 3. The van der Waals surface area contributed by atoms with Gasteiger partial charge >= 0.3 is 0 Å². The van der Waals surface area contributed by atoms with Crippen LogP contribution < -0.4 is 0 Å². The van der Waals surface area contributed by atoms with Crippen LogP contribution in [0.2, 0.25) is 0 Å². The van der Waals surface area contributed by atoms with Crippen LogP contribution in [0.1, 0.15) is 13.8 Å². The van der Waals surface area contributed by atoms with Crippen molar-refractivity contribution in [3.8, 4) is 0 Å². The molecule has 10 nitrogen and oxygen atoms in total. The van der Waals surface area contributed by atoms with Gasteiger partial charge in [-0.05, 0) is 13.8 Å². The molecule has 0 saturated carbocycles. The summed E-state index contributed by atoms with van der Waals surface area (Å²) in [5.74, 6) is -0.984. The largest absolute Gasteiger partial charge is 0.387 e. The van der Waals surface area contributed by atoms with Crippen LogP contribution in [-0.2, 0) is 43.5 Å². The number of methoxy groups -OCH3 is 1. The number of aliphatic hydroxyl groups excluding tert-OH is 1. The lowest BCUT2D eigenvalue weighted by Crippen LogP contribution is -2.62. The van der Waals surface area contributed by atoms with Gasteiger partial charge in [0.1, 0.15) is 24.9 Å². The summed E-state index contributed by atoms with van der Waals surface area (Å²) in [6.45, 7) is 3.56. The molecule has 0 aliphatic carbocycles. The van der Waals surface area contributed by atoms with Crippen LogP contribution in [0.4, 0.5) is 0 Å². The molecule has 0 amide bonds. The molecule has 0 spiro atoms. The molecule has 0 aromatic heterocycles. The van der Waals surface area contributed by atoms with Gasteiger partial charge in [0.05, 0.1) is 27.9 Å². The summed E-state index contributed by atoms with van der Waals surface area (Å²) < 4.78 is 16.6. The molecule has 1 aliphatic heterocycles. The molecule has 1 fully saturated rings. The third-order valence-electron chi connectivity index (χ3n) is 3.37. The van der Waals surface area contributed by atoms with E-state index >= 15 is 0 Å². The average Bonchev–Trinajstić information content (AvgIpc) is 2.53. The van der Waals surface area contributed by atoms with E-state index in [9.17, 15) is 5.11 Å². The van der Waals surface area contributed by atoms with Crippen LogP contribution in [0.5, 0.6) is 0 Å². The molecule has 1 saturated heterocycles. The van der Waals surface area contributed by atoms with Crippen molar-refractivity contribution in [3.63, 3.8) is 0 Å². The average molecular weight is 356 g/mol. The number of hydrogen-bond acceptors (Lipinski definition) is 10. The summed E-state index contributed by atoms with van der Waals surface area (Å²) in [6.07, 6.45) is -4.27. The minimum atomic E-state index is -1.07. The quantitative estimate of drug-likeness (QED) is 0.401. The molecule has 24 heavy (non-hydrogen) atoms. The van der Waals surface area contributed by atoms with Gasteiger partial charge in [0.25, 0.3) is 0 Å². The van der Waals surface area contributed by atoms with Crippen LogP contribution in [0.3, 0.4) is 0 Å². The smallest absolute Gasteiger partial charge is 0.164 e. The first-order chi connectivity index (χ1) is 11.4. The topological polar surface area (TPSA) is 103 Å². The minimum absolute atomic E-state index is 0.0544. The van der Waals surface area contributed by atoms with E-state index in [1.54, 1.807) is 13.8 Å². The molecule has 0 aromatic carbocycles. The molecule has 1 heterocycles. The fourth-order valence-electron chi connectivity index (χ4n) is 2.50. The van der Waals surface area contributed by atoms with E-state index in [-0.39, 0.29) is 13.2 Å². The van der Waals surface area contributed by atoms with Gasteiger partial charge in [-0.25, -0.2) is 29.3 Å². The lowest BCUT2D eigenvalue weighted by molar-refractivity contribution is -0.431. The van der Waals surface area contributed by atoms with Crippen molar-refractivity contribution in [1.82, 2.24) is 0 Å². The Balaban J connectivity index is 3.00. The SMILES string of the molecule is COC[C@H]1OC(C)(C)O[C@@H]([C@@H](OOC)[C@@H](COOC)OOC)[C@@H]1O. The molecule has 0 unspecified atom stereocenters. The van der Waals surface area contributed by atoms with Crippen molar-refractivity contribution in [1.29, 1.82) is 0 Å². The summed E-state index contributed by atoms with van der Waals surface area (Å²) in [7, 11) is 5.54. The van der Waals surface area contributed by atoms with Crippen LogP contribution in [0.25, 0.3) is 0 Å². The molecule has 0 aromatic rings. The van der Waals surface area contributed by atoms with Gasteiger partial charge in [0.2, 0.25) is 0 Å². The third kappa shape index (κ3) is 6.15. The molecule has 144 valence electrons. The van der Waals surface area contributed by atoms with E-state index in [1.165, 1.54) is 28.4 Å². The van der Waals surface area contributed by atoms with Gasteiger partial charge in [-0.3, -0.25) is 0 Å². The van der Waals surface area contributed by atoms with Gasteiger partial charge in [-0.2, -0.15) is 0 Å². The van der Waals surface area contributed by atoms with Crippen LogP contribution in [-0.4, -0.2) is 83.1 Å². The molecule has 1 rings (SSSR count). The highest BCUT2D eigenvalue weighted by Gasteiger charge is 2.49. The highest BCUT2D eigenvalue weighted by Crippen LogP contribution is 2.31. The van der Waals surface area contributed by atoms with Crippen molar-refractivity contribution in [2.24, 2.45) is 0 Å². The molecule has 0 bridgehead atoms. The Morgan fingerprint density at radius 2 is 1.67 bits per heavy atom. The molecule has 5 atom stereocenters. The predicted octanol–water partition coefficient (Wildman–Crippen LogP) is -0.0150. The molecule has 0 radical (unpaired) electrons. The Labute approximate surface area is 141 Å². The van der Waals surface area contributed by atoms with E-state index in [4.69, 9.17) is 38.6 Å². The monoisotopic (exact) mass is 356 g/mol. The second-order valence-electron chi connectivity index (χ2n) is 5.56. The normalized spacial score (nSPS) is 29.4. The molecular formula is C14H28O10. The number of hydrogen-bond donors (Lipinski definition) is 1. The van der Waals surface area contributed by atoms with Crippen molar-refractivity contribution >= 4 is 0 Å². The number of aliphatic hydroxyl groups is 1. The highest BCUT2D eigenvalue weighted by molar-refractivity contribution is 4.92. The predicted molar refractivity (Wildman–Crippen MR) is 78.4 cm³/mol. The summed E-state index contributed by atoms with van der Waals surface area (Å²) in [5.41, 5.74) is 0. The summed E-state index contributed by atoms with van der Waals surface area (Å²) in [6, 6.07) is 0. The molecule has 1 N–H and O–H groups in total. The van der Waals surface area contributed by atoms with E-state index in [1.807, 2.05) is 0 Å². The highest BCUT2D eigenvalue weighted by atomic mass is 17.2. The fraction of sp³-hybridized carbons (Fsp3) is 1.00. The maximum absolute atomic E-state index is 10.6. The third-order valence-corrected chi connectivity index (χ3v) is 3.37. The summed E-state index contributed by atoms with van der Waals surface area (Å²) >= 11 is 0.